The number of carbonyl (C=O) groups is 1. The molecule has 0 aliphatic carbocycles. The molecular formula is C11H11N5O. The summed E-state index contributed by atoms with van der Waals surface area (Å²) in [6.45, 7) is 1.76. The summed E-state index contributed by atoms with van der Waals surface area (Å²) in [7, 11) is 0. The summed E-state index contributed by atoms with van der Waals surface area (Å²) in [6, 6.07) is 3.77. The summed E-state index contributed by atoms with van der Waals surface area (Å²) in [4.78, 5) is 15.9. The Morgan fingerprint density at radius 2 is 2.35 bits per heavy atom. The molecule has 3 heterocycles. The molecule has 1 aliphatic rings. The zero-order valence-corrected chi connectivity index (χ0v) is 9.08. The molecule has 0 saturated carbocycles. The number of nitrogens with zero attached hydrogens (tertiary/aromatic N) is 4. The first kappa shape index (κ1) is 10.1. The van der Waals surface area contributed by atoms with Crippen LogP contribution in [0.5, 0.6) is 0 Å². The molecule has 1 N–H and O–H groups in total. The van der Waals surface area contributed by atoms with E-state index in [2.05, 4.69) is 20.6 Å². The van der Waals surface area contributed by atoms with Crippen LogP contribution in [-0.4, -0.2) is 38.9 Å². The van der Waals surface area contributed by atoms with Gasteiger partial charge in [0.05, 0.1) is 12.2 Å². The van der Waals surface area contributed by atoms with Crippen molar-refractivity contribution in [2.45, 2.75) is 6.04 Å². The van der Waals surface area contributed by atoms with Gasteiger partial charge >= 0.3 is 0 Å². The van der Waals surface area contributed by atoms with Gasteiger partial charge in [0.2, 0.25) is 5.78 Å². The summed E-state index contributed by atoms with van der Waals surface area (Å²) in [5.41, 5.74) is 0.899. The van der Waals surface area contributed by atoms with Crippen molar-refractivity contribution in [3.63, 3.8) is 0 Å². The fourth-order valence-corrected chi connectivity index (χ4v) is 1.66. The number of nitrogens with one attached hydrogen (secondary N) is 1. The highest BCUT2D eigenvalue weighted by Crippen LogP contribution is 2.11. The number of hydrogen-bond donors (Lipinski definition) is 1. The van der Waals surface area contributed by atoms with E-state index < -0.39 is 0 Å². The molecule has 0 unspecified atom stereocenters. The van der Waals surface area contributed by atoms with Gasteiger partial charge in [-0.15, -0.1) is 5.10 Å². The van der Waals surface area contributed by atoms with Crippen LogP contribution in [0.25, 0.3) is 0 Å². The summed E-state index contributed by atoms with van der Waals surface area (Å²) < 4.78 is 1.74. The topological polar surface area (TPSA) is 72.7 Å². The van der Waals surface area contributed by atoms with E-state index in [0.29, 0.717) is 17.3 Å². The van der Waals surface area contributed by atoms with Crippen LogP contribution >= 0.6 is 0 Å². The van der Waals surface area contributed by atoms with E-state index >= 15 is 0 Å². The first-order valence-corrected chi connectivity index (χ1v) is 5.42. The Labute approximate surface area is 97.7 Å². The Balaban J connectivity index is 1.84. The lowest BCUT2D eigenvalue weighted by Crippen LogP contribution is -2.43. The van der Waals surface area contributed by atoms with Gasteiger partial charge in [-0.3, -0.25) is 9.78 Å². The second kappa shape index (κ2) is 4.06. The second-order valence-corrected chi connectivity index (χ2v) is 3.97. The summed E-state index contributed by atoms with van der Waals surface area (Å²) in [5.74, 6) is -0.142. The van der Waals surface area contributed by atoms with Crippen LogP contribution < -0.4 is 5.32 Å². The third kappa shape index (κ3) is 1.83. The van der Waals surface area contributed by atoms with Crippen LogP contribution in [0.15, 0.2) is 30.7 Å². The minimum absolute atomic E-state index is 0.142. The molecule has 3 rings (SSSR count). The number of carbonyl (C=O) groups excluding carboxylic acids is 1. The highest BCUT2D eigenvalue weighted by atomic mass is 16.1. The van der Waals surface area contributed by atoms with Gasteiger partial charge in [0.25, 0.3) is 0 Å². The second-order valence-electron chi connectivity index (χ2n) is 3.97. The van der Waals surface area contributed by atoms with E-state index in [-0.39, 0.29) is 5.78 Å². The summed E-state index contributed by atoms with van der Waals surface area (Å²) in [5, 5.41) is 11.0. The minimum Gasteiger partial charge on any atom is -0.312 e. The molecule has 86 valence electrons. The molecule has 2 aromatic rings. The van der Waals surface area contributed by atoms with Crippen LogP contribution in [0.3, 0.4) is 0 Å². The van der Waals surface area contributed by atoms with Gasteiger partial charge in [0, 0.05) is 31.0 Å². The van der Waals surface area contributed by atoms with Gasteiger partial charge in [0.1, 0.15) is 0 Å². The van der Waals surface area contributed by atoms with E-state index in [4.69, 9.17) is 0 Å². The lowest BCUT2D eigenvalue weighted by Gasteiger charge is -2.26. The number of rotatable bonds is 3. The van der Waals surface area contributed by atoms with E-state index in [9.17, 15) is 4.79 Å². The van der Waals surface area contributed by atoms with Crippen molar-refractivity contribution in [1.82, 2.24) is 25.3 Å². The number of hydrogen-bond acceptors (Lipinski definition) is 5. The summed E-state index contributed by atoms with van der Waals surface area (Å²) in [6.07, 6.45) is 4.86. The molecule has 0 amide bonds. The molecule has 0 spiro atoms. The fraction of sp³-hybridized carbons (Fsp3) is 0.273. The normalized spacial score (nSPS) is 15.5. The van der Waals surface area contributed by atoms with Crippen LogP contribution in [0.4, 0.5) is 0 Å². The number of pyridine rings is 1. The van der Waals surface area contributed by atoms with Crippen molar-refractivity contribution in [3.05, 3.63) is 42.0 Å². The highest BCUT2D eigenvalue weighted by molar-refractivity contribution is 6.07. The Bertz CT molecular complexity index is 532. The standard InChI is InChI=1S/C11H11N5O/c17-11(8-2-1-3-12-4-8)10-7-16(15-14-10)9-5-13-6-9/h1-4,7,9,13H,5-6H2. The molecule has 0 bridgehead atoms. The zero-order chi connectivity index (χ0) is 11.7. The van der Waals surface area contributed by atoms with Crippen molar-refractivity contribution in [3.8, 4) is 0 Å². The van der Waals surface area contributed by atoms with Crippen LogP contribution in [-0.2, 0) is 0 Å². The quantitative estimate of drug-likeness (QED) is 0.753. The fourth-order valence-electron chi connectivity index (χ4n) is 1.66. The van der Waals surface area contributed by atoms with Crippen molar-refractivity contribution in [2.75, 3.05) is 13.1 Å². The summed E-state index contributed by atoms with van der Waals surface area (Å²) >= 11 is 0. The predicted molar refractivity (Wildman–Crippen MR) is 59.6 cm³/mol. The van der Waals surface area contributed by atoms with Gasteiger partial charge < -0.3 is 5.32 Å². The molecule has 0 radical (unpaired) electrons. The molecule has 0 aromatic carbocycles. The molecule has 1 aliphatic heterocycles. The molecule has 0 atom stereocenters. The maximum Gasteiger partial charge on any atom is 0.216 e. The molecular weight excluding hydrogens is 218 g/mol. The Morgan fingerprint density at radius 3 is 3.00 bits per heavy atom. The van der Waals surface area contributed by atoms with E-state index in [0.717, 1.165) is 13.1 Å². The predicted octanol–water partition coefficient (Wildman–Crippen LogP) is 0.0484. The first-order valence-electron chi connectivity index (χ1n) is 5.42. The van der Waals surface area contributed by atoms with Gasteiger partial charge in [-0.2, -0.15) is 0 Å². The lowest BCUT2D eigenvalue weighted by molar-refractivity contribution is 0.103. The van der Waals surface area contributed by atoms with Crippen molar-refractivity contribution >= 4 is 5.78 Å². The third-order valence-electron chi connectivity index (χ3n) is 2.80. The Hall–Kier alpha value is -2.08. The third-order valence-corrected chi connectivity index (χ3v) is 2.80. The van der Waals surface area contributed by atoms with Crippen LogP contribution in [0.2, 0.25) is 0 Å². The largest absolute Gasteiger partial charge is 0.312 e. The van der Waals surface area contributed by atoms with Gasteiger partial charge in [0.15, 0.2) is 5.69 Å². The van der Waals surface area contributed by atoms with Gasteiger partial charge in [-0.05, 0) is 12.1 Å². The zero-order valence-electron chi connectivity index (χ0n) is 9.08. The average molecular weight is 229 g/mol. The van der Waals surface area contributed by atoms with E-state index in [1.54, 1.807) is 29.2 Å². The molecule has 6 nitrogen and oxygen atoms in total. The van der Waals surface area contributed by atoms with Crippen LogP contribution in [0, 0.1) is 0 Å². The Morgan fingerprint density at radius 1 is 1.47 bits per heavy atom. The SMILES string of the molecule is O=C(c1cccnc1)c1cn(C2CNC2)nn1. The van der Waals surface area contributed by atoms with E-state index in [1.807, 2.05) is 0 Å². The smallest absolute Gasteiger partial charge is 0.216 e. The highest BCUT2D eigenvalue weighted by Gasteiger charge is 2.22. The molecule has 2 aromatic heterocycles. The maximum absolute atomic E-state index is 12.0. The van der Waals surface area contributed by atoms with Crippen molar-refractivity contribution in [1.29, 1.82) is 0 Å². The maximum atomic E-state index is 12.0. The molecule has 6 heteroatoms. The molecule has 17 heavy (non-hydrogen) atoms. The monoisotopic (exact) mass is 229 g/mol. The van der Waals surface area contributed by atoms with Gasteiger partial charge in [-0.25, -0.2) is 4.68 Å². The van der Waals surface area contributed by atoms with Crippen LogP contribution in [0.1, 0.15) is 22.1 Å². The van der Waals surface area contributed by atoms with Crippen molar-refractivity contribution < 1.29 is 4.79 Å². The number of aromatic nitrogens is 4. The Kier molecular flexibility index (Phi) is 2.41. The molecule has 1 saturated heterocycles. The van der Waals surface area contributed by atoms with Crippen molar-refractivity contribution in [2.24, 2.45) is 0 Å². The first-order chi connectivity index (χ1) is 8.34. The molecule has 1 fully saturated rings. The van der Waals surface area contributed by atoms with Gasteiger partial charge in [-0.1, -0.05) is 5.21 Å². The van der Waals surface area contributed by atoms with E-state index in [1.165, 1.54) is 6.20 Å². The number of ketones is 1. The average Bonchev–Trinajstić information content (AvgIpc) is 2.76. The lowest BCUT2D eigenvalue weighted by atomic mass is 10.1. The minimum atomic E-state index is -0.142.